The third kappa shape index (κ3) is 2.05. The van der Waals surface area contributed by atoms with Gasteiger partial charge in [-0.3, -0.25) is 14.7 Å². The maximum absolute atomic E-state index is 12.4. The van der Waals surface area contributed by atoms with E-state index in [0.29, 0.717) is 18.5 Å². The van der Waals surface area contributed by atoms with Crippen molar-refractivity contribution in [3.05, 3.63) is 53.3 Å². The monoisotopic (exact) mass is 270 g/mol. The van der Waals surface area contributed by atoms with Crippen molar-refractivity contribution in [2.24, 2.45) is 5.73 Å². The van der Waals surface area contributed by atoms with Crippen molar-refractivity contribution in [3.63, 3.8) is 0 Å². The smallest absolute Gasteiger partial charge is 0.258 e. The van der Waals surface area contributed by atoms with Crippen LogP contribution in [0.2, 0.25) is 0 Å². The molecule has 2 heterocycles. The molecule has 6 nitrogen and oxygen atoms in total. The average molecular weight is 270 g/mol. The van der Waals surface area contributed by atoms with E-state index in [1.165, 1.54) is 17.3 Å². The molecule has 0 spiro atoms. The molecule has 2 aromatic rings. The van der Waals surface area contributed by atoms with E-state index in [-0.39, 0.29) is 5.91 Å². The molecule has 2 amide bonds. The van der Waals surface area contributed by atoms with E-state index in [0.717, 1.165) is 11.1 Å². The summed E-state index contributed by atoms with van der Waals surface area (Å²) in [4.78, 5) is 25.6. The van der Waals surface area contributed by atoms with Crippen molar-refractivity contribution in [3.8, 4) is 0 Å². The van der Waals surface area contributed by atoms with E-state index in [1.54, 1.807) is 0 Å². The van der Waals surface area contributed by atoms with E-state index in [2.05, 4.69) is 10.2 Å². The number of carbonyl (C=O) groups excluding carboxylic acids is 2. The molecular formula is C14H14N4O2. The summed E-state index contributed by atoms with van der Waals surface area (Å²) < 4.78 is 0. The summed E-state index contributed by atoms with van der Waals surface area (Å²) in [5.41, 5.74) is 7.98. The summed E-state index contributed by atoms with van der Waals surface area (Å²) in [6.45, 7) is 0.383. The molecule has 1 aromatic carbocycles. The van der Waals surface area contributed by atoms with Gasteiger partial charge in [0.15, 0.2) is 0 Å². The minimum absolute atomic E-state index is 0.239. The van der Waals surface area contributed by atoms with Crippen LogP contribution in [0, 0.1) is 0 Å². The van der Waals surface area contributed by atoms with Crippen molar-refractivity contribution in [1.82, 2.24) is 15.1 Å². The standard InChI is InChI=1S/C14H14N4O2/c15-13(19)12-5-9-3-1-2-4-10(9)8-18(12)14(20)11-6-16-17-7-11/h1-4,6-7,12H,5,8H2,(H2,15,19)(H,16,17)/t12-/m0/s1. The van der Waals surface area contributed by atoms with Gasteiger partial charge in [-0.25, -0.2) is 0 Å². The highest BCUT2D eigenvalue weighted by molar-refractivity contribution is 5.97. The van der Waals surface area contributed by atoms with Gasteiger partial charge >= 0.3 is 0 Å². The Morgan fingerprint density at radius 2 is 2.05 bits per heavy atom. The molecular weight excluding hydrogens is 256 g/mol. The van der Waals surface area contributed by atoms with Crippen LogP contribution in [0.15, 0.2) is 36.7 Å². The van der Waals surface area contributed by atoms with Crippen molar-refractivity contribution in [2.75, 3.05) is 0 Å². The Morgan fingerprint density at radius 1 is 1.30 bits per heavy atom. The normalized spacial score (nSPS) is 17.6. The number of rotatable bonds is 2. The first kappa shape index (κ1) is 12.4. The van der Waals surface area contributed by atoms with E-state index in [9.17, 15) is 9.59 Å². The number of nitrogens with zero attached hydrogens (tertiary/aromatic N) is 2. The highest BCUT2D eigenvalue weighted by Crippen LogP contribution is 2.24. The second-order valence-corrected chi connectivity index (χ2v) is 4.81. The lowest BCUT2D eigenvalue weighted by Crippen LogP contribution is -2.51. The van der Waals surface area contributed by atoms with E-state index < -0.39 is 11.9 Å². The van der Waals surface area contributed by atoms with Gasteiger partial charge in [0.1, 0.15) is 6.04 Å². The Morgan fingerprint density at radius 3 is 2.70 bits per heavy atom. The fraction of sp³-hybridized carbons (Fsp3) is 0.214. The molecule has 0 saturated heterocycles. The maximum Gasteiger partial charge on any atom is 0.258 e. The Labute approximate surface area is 115 Å². The number of hydrogen-bond donors (Lipinski definition) is 2. The van der Waals surface area contributed by atoms with Crippen molar-refractivity contribution in [1.29, 1.82) is 0 Å². The second-order valence-electron chi connectivity index (χ2n) is 4.81. The Hall–Kier alpha value is -2.63. The molecule has 102 valence electrons. The largest absolute Gasteiger partial charge is 0.368 e. The van der Waals surface area contributed by atoms with E-state index in [1.807, 2.05) is 24.3 Å². The van der Waals surface area contributed by atoms with Crippen molar-refractivity contribution >= 4 is 11.8 Å². The number of amides is 2. The van der Waals surface area contributed by atoms with Gasteiger partial charge < -0.3 is 10.6 Å². The molecule has 0 bridgehead atoms. The van der Waals surface area contributed by atoms with E-state index in [4.69, 9.17) is 5.73 Å². The molecule has 20 heavy (non-hydrogen) atoms. The van der Waals surface area contributed by atoms with Crippen LogP contribution in [-0.2, 0) is 17.8 Å². The van der Waals surface area contributed by atoms with Crippen molar-refractivity contribution < 1.29 is 9.59 Å². The van der Waals surface area contributed by atoms with E-state index >= 15 is 0 Å². The quantitative estimate of drug-likeness (QED) is 0.830. The molecule has 3 rings (SSSR count). The van der Waals surface area contributed by atoms with Gasteiger partial charge in [0.2, 0.25) is 5.91 Å². The number of carbonyl (C=O) groups is 2. The number of fused-ring (bicyclic) bond motifs is 1. The summed E-state index contributed by atoms with van der Waals surface area (Å²) in [6, 6.07) is 7.15. The number of nitrogens with two attached hydrogens (primary N) is 1. The van der Waals surface area contributed by atoms with Crippen LogP contribution in [0.1, 0.15) is 21.5 Å². The Bertz CT molecular complexity index is 651. The summed E-state index contributed by atoms with van der Waals surface area (Å²) in [5, 5.41) is 6.36. The average Bonchev–Trinajstić information content (AvgIpc) is 2.99. The summed E-state index contributed by atoms with van der Waals surface area (Å²) in [5.74, 6) is -0.728. The topological polar surface area (TPSA) is 92.1 Å². The first-order chi connectivity index (χ1) is 9.66. The minimum Gasteiger partial charge on any atom is -0.368 e. The van der Waals surface area contributed by atoms with Crippen LogP contribution in [-0.4, -0.2) is 33.0 Å². The molecule has 3 N–H and O–H groups in total. The molecule has 0 fully saturated rings. The molecule has 0 radical (unpaired) electrons. The zero-order chi connectivity index (χ0) is 14.1. The highest BCUT2D eigenvalue weighted by Gasteiger charge is 2.33. The zero-order valence-electron chi connectivity index (χ0n) is 10.7. The molecule has 1 aromatic heterocycles. The number of aromatic amines is 1. The minimum atomic E-state index is -0.618. The van der Waals surface area contributed by atoms with Gasteiger partial charge in [0.25, 0.3) is 5.91 Å². The molecule has 0 aliphatic carbocycles. The van der Waals surface area contributed by atoms with Gasteiger partial charge in [-0.1, -0.05) is 24.3 Å². The van der Waals surface area contributed by atoms with Gasteiger partial charge in [-0.2, -0.15) is 5.10 Å². The molecule has 0 unspecified atom stereocenters. The number of hydrogen-bond acceptors (Lipinski definition) is 3. The maximum atomic E-state index is 12.4. The van der Waals surface area contributed by atoms with Gasteiger partial charge in [0, 0.05) is 19.2 Å². The predicted octanol–water partition coefficient (Wildman–Crippen LogP) is 0.462. The second kappa shape index (κ2) is 4.80. The van der Waals surface area contributed by atoms with Crippen LogP contribution in [0.3, 0.4) is 0 Å². The van der Waals surface area contributed by atoms with Gasteiger partial charge in [-0.05, 0) is 11.1 Å². The van der Waals surface area contributed by atoms with Crippen LogP contribution >= 0.6 is 0 Å². The lowest BCUT2D eigenvalue weighted by molar-refractivity contribution is -0.122. The molecule has 1 aliphatic rings. The Kier molecular flexibility index (Phi) is 2.98. The number of primary amides is 1. The predicted molar refractivity (Wildman–Crippen MR) is 71.6 cm³/mol. The number of aromatic nitrogens is 2. The summed E-state index contributed by atoms with van der Waals surface area (Å²) in [6.07, 6.45) is 3.41. The Balaban J connectivity index is 1.96. The van der Waals surface area contributed by atoms with Gasteiger partial charge in [-0.15, -0.1) is 0 Å². The van der Waals surface area contributed by atoms with Crippen LogP contribution in [0.5, 0.6) is 0 Å². The number of benzene rings is 1. The first-order valence-electron chi connectivity index (χ1n) is 6.32. The van der Waals surface area contributed by atoms with Crippen LogP contribution in [0.4, 0.5) is 0 Å². The molecule has 1 aliphatic heterocycles. The summed E-state index contributed by atoms with van der Waals surface area (Å²) >= 11 is 0. The molecule has 1 atom stereocenters. The number of nitrogens with one attached hydrogen (secondary N) is 1. The highest BCUT2D eigenvalue weighted by atomic mass is 16.2. The fourth-order valence-corrected chi connectivity index (χ4v) is 2.52. The number of H-pyrrole nitrogens is 1. The van der Waals surface area contributed by atoms with Crippen LogP contribution < -0.4 is 5.73 Å². The van der Waals surface area contributed by atoms with Crippen LogP contribution in [0.25, 0.3) is 0 Å². The first-order valence-corrected chi connectivity index (χ1v) is 6.32. The lowest BCUT2D eigenvalue weighted by atomic mass is 9.93. The third-order valence-corrected chi connectivity index (χ3v) is 3.58. The molecule has 0 saturated carbocycles. The summed E-state index contributed by atoms with van der Waals surface area (Å²) in [7, 11) is 0. The lowest BCUT2D eigenvalue weighted by Gasteiger charge is -2.34. The fourth-order valence-electron chi connectivity index (χ4n) is 2.52. The van der Waals surface area contributed by atoms with Gasteiger partial charge in [0.05, 0.1) is 11.8 Å². The molecule has 6 heteroatoms. The third-order valence-electron chi connectivity index (χ3n) is 3.58. The van der Waals surface area contributed by atoms with Crippen molar-refractivity contribution in [2.45, 2.75) is 19.0 Å². The zero-order valence-corrected chi connectivity index (χ0v) is 10.7. The SMILES string of the molecule is NC(=O)[C@@H]1Cc2ccccc2CN1C(=O)c1cn[nH]c1.